The van der Waals surface area contributed by atoms with Gasteiger partial charge in [0.05, 0.1) is 11.8 Å². The first-order valence-corrected chi connectivity index (χ1v) is 8.36. The van der Waals surface area contributed by atoms with Crippen LogP contribution in [0.4, 0.5) is 0 Å². The van der Waals surface area contributed by atoms with E-state index in [2.05, 4.69) is 10.3 Å². The highest BCUT2D eigenvalue weighted by Gasteiger charge is 2.18. The Morgan fingerprint density at radius 2 is 2.29 bits per heavy atom. The molecule has 0 aromatic carbocycles. The number of thiazole rings is 1. The summed E-state index contributed by atoms with van der Waals surface area (Å²) in [5.41, 5.74) is -0.0173. The van der Waals surface area contributed by atoms with E-state index in [1.807, 2.05) is 6.26 Å². The van der Waals surface area contributed by atoms with Crippen LogP contribution in [0.15, 0.2) is 21.9 Å². The Morgan fingerprint density at radius 1 is 1.52 bits per heavy atom. The molecule has 1 unspecified atom stereocenters. The van der Waals surface area contributed by atoms with Crippen LogP contribution in [0.3, 0.4) is 0 Å². The van der Waals surface area contributed by atoms with Crippen molar-refractivity contribution in [2.45, 2.75) is 18.7 Å². The molecule has 1 atom stereocenters. The summed E-state index contributed by atoms with van der Waals surface area (Å²) in [6.45, 7) is 1.74. The zero-order valence-corrected chi connectivity index (χ0v) is 13.1. The van der Waals surface area contributed by atoms with Gasteiger partial charge in [0.1, 0.15) is 10.8 Å². The van der Waals surface area contributed by atoms with Crippen molar-refractivity contribution in [3.05, 3.63) is 39.7 Å². The first-order valence-electron chi connectivity index (χ1n) is 6.08. The molecule has 2 aromatic rings. The molecular weight excluding hydrogens is 312 g/mol. The van der Waals surface area contributed by atoms with E-state index < -0.39 is 5.97 Å². The van der Waals surface area contributed by atoms with Gasteiger partial charge in [-0.2, -0.15) is 11.8 Å². The molecule has 0 saturated heterocycles. The largest absolute Gasteiger partial charge is 0.476 e. The second-order valence-electron chi connectivity index (χ2n) is 4.27. The van der Waals surface area contributed by atoms with Gasteiger partial charge in [0.25, 0.3) is 5.91 Å². The van der Waals surface area contributed by atoms with Crippen LogP contribution < -0.4 is 5.32 Å². The molecular formula is C13H14N2O4S2. The van der Waals surface area contributed by atoms with E-state index in [-0.39, 0.29) is 23.4 Å². The number of carbonyl (C=O) groups excluding carboxylic acids is 1. The minimum atomic E-state index is -1.08. The summed E-state index contributed by atoms with van der Waals surface area (Å²) >= 11 is 2.80. The van der Waals surface area contributed by atoms with Gasteiger partial charge in [-0.15, -0.1) is 11.3 Å². The van der Waals surface area contributed by atoms with Gasteiger partial charge in [0, 0.05) is 5.38 Å². The predicted molar refractivity (Wildman–Crippen MR) is 80.9 cm³/mol. The number of carboxylic acids is 1. The maximum atomic E-state index is 12.0. The van der Waals surface area contributed by atoms with Gasteiger partial charge in [-0.3, -0.25) is 4.79 Å². The van der Waals surface area contributed by atoms with Gasteiger partial charge in [-0.25, -0.2) is 9.78 Å². The number of hydrogen-bond acceptors (Lipinski definition) is 6. The van der Waals surface area contributed by atoms with Gasteiger partial charge in [-0.1, -0.05) is 0 Å². The fourth-order valence-electron chi connectivity index (χ4n) is 1.63. The molecule has 8 heteroatoms. The van der Waals surface area contributed by atoms with Gasteiger partial charge in [-0.05, 0) is 25.3 Å². The maximum absolute atomic E-state index is 12.0. The number of rotatable bonds is 6. The standard InChI is InChI=1S/C13H14N2O4S2/c1-7(12-15-9(6-21-12)13(17)18)14-11(16)10-4-3-8(19-10)5-20-2/h3-4,6-7H,5H2,1-2H3,(H,14,16)(H,17,18). The Kier molecular flexibility index (Phi) is 5.03. The number of aromatic nitrogens is 1. The van der Waals surface area contributed by atoms with Crippen molar-refractivity contribution in [3.8, 4) is 0 Å². The van der Waals surface area contributed by atoms with Crippen molar-refractivity contribution in [2.75, 3.05) is 6.26 Å². The molecule has 1 amide bonds. The third-order valence-electron chi connectivity index (χ3n) is 2.63. The van der Waals surface area contributed by atoms with Crippen LogP contribution >= 0.6 is 23.1 Å². The van der Waals surface area contributed by atoms with E-state index in [9.17, 15) is 9.59 Å². The van der Waals surface area contributed by atoms with E-state index in [0.29, 0.717) is 10.8 Å². The molecule has 2 aromatic heterocycles. The summed E-state index contributed by atoms with van der Waals surface area (Å²) < 4.78 is 5.42. The second kappa shape index (κ2) is 6.77. The van der Waals surface area contributed by atoms with Crippen LogP contribution in [0.25, 0.3) is 0 Å². The lowest BCUT2D eigenvalue weighted by Gasteiger charge is -2.09. The number of hydrogen-bond donors (Lipinski definition) is 2. The van der Waals surface area contributed by atoms with Gasteiger partial charge in [0.15, 0.2) is 11.5 Å². The average molecular weight is 326 g/mol. The molecule has 0 aliphatic heterocycles. The van der Waals surface area contributed by atoms with E-state index >= 15 is 0 Å². The van der Waals surface area contributed by atoms with E-state index in [1.54, 1.807) is 30.8 Å². The molecule has 0 aliphatic rings. The fraction of sp³-hybridized carbons (Fsp3) is 0.308. The first-order chi connectivity index (χ1) is 10.0. The highest BCUT2D eigenvalue weighted by Crippen LogP contribution is 2.19. The number of amides is 1. The van der Waals surface area contributed by atoms with Gasteiger partial charge < -0.3 is 14.8 Å². The van der Waals surface area contributed by atoms with Crippen LogP contribution in [0.1, 0.15) is 44.8 Å². The fourth-order valence-corrected chi connectivity index (χ4v) is 2.87. The molecule has 6 nitrogen and oxygen atoms in total. The summed E-state index contributed by atoms with van der Waals surface area (Å²) in [5.74, 6) is 0.256. The summed E-state index contributed by atoms with van der Waals surface area (Å²) in [7, 11) is 0. The minimum absolute atomic E-state index is 0.0173. The normalized spacial score (nSPS) is 12.1. The lowest BCUT2D eigenvalue weighted by atomic mass is 10.3. The first kappa shape index (κ1) is 15.6. The topological polar surface area (TPSA) is 92.4 Å². The monoisotopic (exact) mass is 326 g/mol. The molecule has 0 bridgehead atoms. The van der Waals surface area contributed by atoms with E-state index in [0.717, 1.165) is 5.76 Å². The molecule has 0 aliphatic carbocycles. The molecule has 0 saturated carbocycles. The lowest BCUT2D eigenvalue weighted by Crippen LogP contribution is -2.26. The number of carbonyl (C=O) groups is 2. The minimum Gasteiger partial charge on any atom is -0.476 e. The Morgan fingerprint density at radius 3 is 2.90 bits per heavy atom. The molecule has 0 spiro atoms. The second-order valence-corrected chi connectivity index (χ2v) is 6.03. The molecule has 2 rings (SSSR count). The van der Waals surface area contributed by atoms with Crippen LogP contribution in [0.5, 0.6) is 0 Å². The molecule has 2 N–H and O–H groups in total. The van der Waals surface area contributed by atoms with E-state index in [4.69, 9.17) is 9.52 Å². The smallest absolute Gasteiger partial charge is 0.355 e. The number of nitrogens with zero attached hydrogens (tertiary/aromatic N) is 1. The predicted octanol–water partition coefficient (Wildman–Crippen LogP) is 2.79. The zero-order chi connectivity index (χ0) is 15.4. The average Bonchev–Trinajstić information content (AvgIpc) is 3.07. The Labute approximate surface area is 129 Å². The van der Waals surface area contributed by atoms with Crippen molar-refractivity contribution in [1.29, 1.82) is 0 Å². The third kappa shape index (κ3) is 3.85. The van der Waals surface area contributed by atoms with Crippen LogP contribution in [0, 0.1) is 0 Å². The molecule has 21 heavy (non-hydrogen) atoms. The van der Waals surface area contributed by atoms with Crippen molar-refractivity contribution in [2.24, 2.45) is 0 Å². The Balaban J connectivity index is 2.01. The number of furan rings is 1. The van der Waals surface area contributed by atoms with Gasteiger partial charge >= 0.3 is 5.97 Å². The SMILES string of the molecule is CSCc1ccc(C(=O)NC(C)c2nc(C(=O)O)cs2)o1. The maximum Gasteiger partial charge on any atom is 0.355 e. The molecule has 0 fully saturated rings. The van der Waals surface area contributed by atoms with Crippen molar-refractivity contribution in [1.82, 2.24) is 10.3 Å². The van der Waals surface area contributed by atoms with Crippen LogP contribution in [-0.2, 0) is 5.75 Å². The summed E-state index contributed by atoms with van der Waals surface area (Å²) in [4.78, 5) is 26.8. The van der Waals surface area contributed by atoms with Crippen molar-refractivity contribution in [3.63, 3.8) is 0 Å². The van der Waals surface area contributed by atoms with E-state index in [1.165, 1.54) is 16.7 Å². The number of carboxylic acid groups (broad SMARTS) is 1. The quantitative estimate of drug-likeness (QED) is 0.848. The molecule has 0 radical (unpaired) electrons. The number of thioether (sulfide) groups is 1. The summed E-state index contributed by atoms with van der Waals surface area (Å²) in [5, 5.41) is 13.6. The van der Waals surface area contributed by atoms with Gasteiger partial charge in [0.2, 0.25) is 0 Å². The Hall–Kier alpha value is -1.80. The zero-order valence-electron chi connectivity index (χ0n) is 11.5. The number of nitrogens with one attached hydrogen (secondary N) is 1. The van der Waals surface area contributed by atoms with Crippen molar-refractivity contribution < 1.29 is 19.1 Å². The van der Waals surface area contributed by atoms with Crippen LogP contribution in [0.2, 0.25) is 0 Å². The number of aromatic carboxylic acids is 1. The Bertz CT molecular complexity index is 650. The van der Waals surface area contributed by atoms with Crippen molar-refractivity contribution >= 4 is 35.0 Å². The molecule has 112 valence electrons. The lowest BCUT2D eigenvalue weighted by molar-refractivity contribution is 0.0691. The highest BCUT2D eigenvalue weighted by atomic mass is 32.2. The summed E-state index contributed by atoms with van der Waals surface area (Å²) in [6, 6.07) is 3.00. The third-order valence-corrected chi connectivity index (χ3v) is 4.23. The summed E-state index contributed by atoms with van der Waals surface area (Å²) in [6.07, 6.45) is 1.95. The van der Waals surface area contributed by atoms with Crippen LogP contribution in [-0.4, -0.2) is 28.2 Å². The highest BCUT2D eigenvalue weighted by molar-refractivity contribution is 7.97. The molecule has 2 heterocycles.